The molecule has 7 aromatic carbocycles. The Morgan fingerprint density at radius 2 is 1.08 bits per heavy atom. The lowest BCUT2D eigenvalue weighted by molar-refractivity contribution is 0.332. The number of nitrogens with zero attached hydrogens (tertiary/aromatic N) is 2. The predicted octanol–water partition coefficient (Wildman–Crippen LogP) is 13.3. The molecule has 0 fully saturated rings. The van der Waals surface area contributed by atoms with Gasteiger partial charge in [0.15, 0.2) is 5.58 Å². The van der Waals surface area contributed by atoms with Gasteiger partial charge in [0.1, 0.15) is 5.58 Å². The fraction of sp³-hybridized carbons (Fsp3) is 0.167. The zero-order valence-corrected chi connectivity index (χ0v) is 29.4. The van der Waals surface area contributed by atoms with Gasteiger partial charge >= 0.3 is 0 Å². The molecule has 0 radical (unpaired) electrons. The minimum absolute atomic E-state index is 0.0700. The van der Waals surface area contributed by atoms with E-state index in [4.69, 9.17) is 4.42 Å². The van der Waals surface area contributed by atoms with Crippen molar-refractivity contribution in [3.8, 4) is 11.4 Å². The van der Waals surface area contributed by atoms with E-state index in [9.17, 15) is 0 Å². The molecule has 0 saturated carbocycles. The van der Waals surface area contributed by atoms with Crippen molar-refractivity contribution in [1.82, 2.24) is 9.13 Å². The summed E-state index contributed by atoms with van der Waals surface area (Å²) in [6.07, 6.45) is 2.33. The lowest BCUT2D eigenvalue weighted by Gasteiger charge is -2.42. The van der Waals surface area contributed by atoms with Gasteiger partial charge in [0.2, 0.25) is 0 Å². The highest BCUT2D eigenvalue weighted by Crippen LogP contribution is 2.51. The van der Waals surface area contributed by atoms with Gasteiger partial charge in [-0.25, -0.2) is 0 Å². The van der Waals surface area contributed by atoms with Crippen molar-refractivity contribution in [3.05, 3.63) is 145 Å². The summed E-state index contributed by atoms with van der Waals surface area (Å²) in [5.74, 6) is 0. The fourth-order valence-corrected chi connectivity index (χ4v) is 9.46. The number of fused-ring (bicyclic) bond motifs is 13. The summed E-state index contributed by atoms with van der Waals surface area (Å²) in [7, 11) is 0. The molecule has 0 saturated heterocycles. The van der Waals surface area contributed by atoms with E-state index in [1.54, 1.807) is 0 Å². The van der Waals surface area contributed by atoms with Gasteiger partial charge in [0.25, 0.3) is 0 Å². The number of hydrogen-bond donors (Lipinski definition) is 0. The quantitative estimate of drug-likeness (QED) is 0.181. The molecule has 3 heteroatoms. The molecule has 3 aromatic heterocycles. The second-order valence-corrected chi connectivity index (χ2v) is 16.0. The molecule has 1 aliphatic carbocycles. The molecule has 51 heavy (non-hydrogen) atoms. The lowest BCUT2D eigenvalue weighted by atomic mass is 9.63. The molecular formula is C48H38N2O. The minimum Gasteiger partial charge on any atom is -0.454 e. The first-order valence-electron chi connectivity index (χ1n) is 18.2. The second-order valence-electron chi connectivity index (χ2n) is 16.0. The van der Waals surface area contributed by atoms with E-state index in [0.717, 1.165) is 27.6 Å². The van der Waals surface area contributed by atoms with Crippen LogP contribution in [0.4, 0.5) is 0 Å². The first-order valence-corrected chi connectivity index (χ1v) is 18.2. The van der Waals surface area contributed by atoms with E-state index < -0.39 is 0 Å². The van der Waals surface area contributed by atoms with Crippen molar-refractivity contribution in [1.29, 1.82) is 0 Å². The average Bonchev–Trinajstić information content (AvgIpc) is 3.81. The van der Waals surface area contributed by atoms with Crippen molar-refractivity contribution in [2.75, 3.05) is 0 Å². The fourth-order valence-electron chi connectivity index (χ4n) is 9.46. The van der Waals surface area contributed by atoms with Crippen LogP contribution in [0.2, 0.25) is 0 Å². The third-order valence-corrected chi connectivity index (χ3v) is 12.2. The molecule has 3 nitrogen and oxygen atoms in total. The number of rotatable bonds is 2. The van der Waals surface area contributed by atoms with Crippen LogP contribution in [0.5, 0.6) is 0 Å². The Bertz CT molecular complexity index is 3080. The molecule has 10 aromatic rings. The van der Waals surface area contributed by atoms with Crippen molar-refractivity contribution in [2.24, 2.45) is 0 Å². The van der Waals surface area contributed by atoms with E-state index in [2.05, 4.69) is 170 Å². The number of furan rings is 1. The van der Waals surface area contributed by atoms with E-state index in [1.165, 1.54) is 84.0 Å². The summed E-state index contributed by atoms with van der Waals surface area (Å²) in [5, 5.41) is 10.0. The Morgan fingerprint density at radius 3 is 1.88 bits per heavy atom. The molecular weight excluding hydrogens is 621 g/mol. The van der Waals surface area contributed by atoms with Gasteiger partial charge in [-0.1, -0.05) is 107 Å². The normalized spacial score (nSPS) is 15.6. The summed E-state index contributed by atoms with van der Waals surface area (Å²) in [6, 6.07) is 49.2. The topological polar surface area (TPSA) is 23.0 Å². The molecule has 0 bridgehead atoms. The van der Waals surface area contributed by atoms with E-state index in [1.807, 2.05) is 0 Å². The molecule has 0 aliphatic heterocycles. The highest BCUT2D eigenvalue weighted by atomic mass is 16.3. The van der Waals surface area contributed by atoms with Crippen LogP contribution in [0.3, 0.4) is 0 Å². The molecule has 3 heterocycles. The molecule has 1 aliphatic rings. The molecule has 246 valence electrons. The van der Waals surface area contributed by atoms with Crippen molar-refractivity contribution >= 4 is 76.3 Å². The van der Waals surface area contributed by atoms with E-state index >= 15 is 0 Å². The molecule has 0 unspecified atom stereocenters. The van der Waals surface area contributed by atoms with Crippen LogP contribution in [0.1, 0.15) is 51.7 Å². The van der Waals surface area contributed by atoms with E-state index in [-0.39, 0.29) is 10.8 Å². The van der Waals surface area contributed by atoms with Gasteiger partial charge in [0.05, 0.1) is 27.8 Å². The molecule has 0 amide bonds. The summed E-state index contributed by atoms with van der Waals surface area (Å²) >= 11 is 0. The van der Waals surface area contributed by atoms with Crippen LogP contribution >= 0.6 is 0 Å². The Morgan fingerprint density at radius 1 is 0.471 bits per heavy atom. The first-order chi connectivity index (χ1) is 24.8. The van der Waals surface area contributed by atoms with Crippen molar-refractivity contribution in [2.45, 2.75) is 51.4 Å². The Balaban J connectivity index is 1.40. The third-order valence-electron chi connectivity index (χ3n) is 12.2. The number of hydrogen-bond acceptors (Lipinski definition) is 1. The van der Waals surface area contributed by atoms with Crippen LogP contribution in [0.15, 0.2) is 138 Å². The Labute approximate surface area is 296 Å². The van der Waals surface area contributed by atoms with Crippen LogP contribution in [0, 0.1) is 0 Å². The third kappa shape index (κ3) is 3.84. The lowest BCUT2D eigenvalue weighted by Crippen LogP contribution is -2.33. The van der Waals surface area contributed by atoms with Gasteiger partial charge in [-0.3, -0.25) is 0 Å². The zero-order chi connectivity index (χ0) is 34.2. The highest BCUT2D eigenvalue weighted by molar-refractivity contribution is 6.33. The zero-order valence-electron chi connectivity index (χ0n) is 29.4. The largest absolute Gasteiger partial charge is 0.454 e. The number of benzene rings is 7. The smallest absolute Gasteiger partial charge is 0.159 e. The van der Waals surface area contributed by atoms with Gasteiger partial charge < -0.3 is 13.6 Å². The molecule has 0 N–H and O–H groups in total. The monoisotopic (exact) mass is 658 g/mol. The molecule has 0 atom stereocenters. The van der Waals surface area contributed by atoms with E-state index in [0.29, 0.717) is 0 Å². The first kappa shape index (κ1) is 29.0. The molecule has 0 spiro atoms. The maximum atomic E-state index is 6.74. The maximum absolute atomic E-state index is 6.74. The van der Waals surface area contributed by atoms with Gasteiger partial charge in [-0.15, -0.1) is 0 Å². The van der Waals surface area contributed by atoms with Crippen LogP contribution < -0.4 is 0 Å². The van der Waals surface area contributed by atoms with Crippen LogP contribution in [-0.2, 0) is 10.8 Å². The van der Waals surface area contributed by atoms with Crippen LogP contribution in [0.25, 0.3) is 87.7 Å². The second kappa shape index (κ2) is 9.92. The predicted molar refractivity (Wildman–Crippen MR) is 215 cm³/mol. The highest BCUT2D eigenvalue weighted by Gasteiger charge is 2.38. The maximum Gasteiger partial charge on any atom is 0.159 e. The SMILES string of the molecule is CC1(C)CCC(C)(C)c2cc3c(cc21)c1c2c4c5ccccc5ccc4n(-c4ccccc4)c2ccc1n3-c1cccc2c1oc1ccccc12. The van der Waals surface area contributed by atoms with Gasteiger partial charge in [0, 0.05) is 38.0 Å². The summed E-state index contributed by atoms with van der Waals surface area (Å²) in [4.78, 5) is 0. The summed E-state index contributed by atoms with van der Waals surface area (Å²) < 4.78 is 11.7. The van der Waals surface area contributed by atoms with Gasteiger partial charge in [-0.2, -0.15) is 0 Å². The Hall–Kier alpha value is -5.80. The number of para-hydroxylation sites is 3. The standard InChI is InChI=1S/C48H38N2O/c1-47(2)25-26-48(3,4)36-28-41-34(27-35(36)47)44-38(50(41)40-19-12-18-33-32-17-10-11-20-42(32)51-46(33)40)23-24-39-45(44)43-31-16-9-8-13-29(31)21-22-37(43)49(39)30-14-6-5-7-15-30/h5-24,27-28H,25-26H2,1-4H3. The summed E-state index contributed by atoms with van der Waals surface area (Å²) in [5.41, 5.74) is 12.0. The average molecular weight is 659 g/mol. The molecule has 11 rings (SSSR count). The van der Waals surface area contributed by atoms with Crippen molar-refractivity contribution < 1.29 is 4.42 Å². The summed E-state index contributed by atoms with van der Waals surface area (Å²) in [6.45, 7) is 9.73. The van der Waals surface area contributed by atoms with Crippen LogP contribution in [-0.4, -0.2) is 9.13 Å². The Kier molecular flexibility index (Phi) is 5.64. The van der Waals surface area contributed by atoms with Gasteiger partial charge in [-0.05, 0) is 100 Å². The number of aromatic nitrogens is 2. The van der Waals surface area contributed by atoms with Crippen molar-refractivity contribution in [3.63, 3.8) is 0 Å². The minimum atomic E-state index is 0.0700.